The Balaban J connectivity index is 2.33. The fourth-order valence-electron chi connectivity index (χ4n) is 2.20. The first-order valence-electron chi connectivity index (χ1n) is 5.59. The van der Waals surface area contributed by atoms with Crippen LogP contribution >= 0.6 is 0 Å². The highest BCUT2D eigenvalue weighted by Crippen LogP contribution is 2.28. The molecule has 1 fully saturated rings. The molecule has 1 aliphatic heterocycles. The van der Waals surface area contributed by atoms with E-state index in [1.165, 1.54) is 17.0 Å². The highest BCUT2D eigenvalue weighted by molar-refractivity contribution is 5.93. The molecule has 1 aromatic carbocycles. The highest BCUT2D eigenvalue weighted by atomic mass is 19.1. The van der Waals surface area contributed by atoms with Crippen molar-refractivity contribution in [2.24, 2.45) is 5.73 Å². The predicted molar refractivity (Wildman–Crippen MR) is 62.9 cm³/mol. The fraction of sp³-hybridized carbons (Fsp3) is 0.333. The van der Waals surface area contributed by atoms with Crippen LogP contribution in [0.4, 0.5) is 10.1 Å². The Kier molecular flexibility index (Phi) is 3.18. The van der Waals surface area contributed by atoms with E-state index in [1.54, 1.807) is 0 Å². The number of hydrogen-bond acceptors (Lipinski definition) is 3. The lowest BCUT2D eigenvalue weighted by Gasteiger charge is -2.24. The van der Waals surface area contributed by atoms with Gasteiger partial charge in [0.1, 0.15) is 11.9 Å². The Hall–Kier alpha value is -2.11. The van der Waals surface area contributed by atoms with Gasteiger partial charge in [0, 0.05) is 12.1 Å². The Bertz CT molecular complexity index is 504. The molecule has 1 unspecified atom stereocenters. The van der Waals surface area contributed by atoms with E-state index < -0.39 is 23.7 Å². The Morgan fingerprint density at radius 2 is 2.17 bits per heavy atom. The number of carbonyl (C=O) groups excluding carboxylic acids is 1. The van der Waals surface area contributed by atoms with Gasteiger partial charge < -0.3 is 15.7 Å². The normalized spacial score (nSPS) is 18.9. The van der Waals surface area contributed by atoms with Gasteiger partial charge >= 0.3 is 5.97 Å². The number of nitrogens with zero attached hydrogens (tertiary/aromatic N) is 1. The van der Waals surface area contributed by atoms with Crippen molar-refractivity contribution < 1.29 is 19.1 Å². The SMILES string of the molecule is NC(=O)c1ccc(N2CCCC2C(=O)O)c(F)c1. The summed E-state index contributed by atoms with van der Waals surface area (Å²) in [5.41, 5.74) is 5.32. The van der Waals surface area contributed by atoms with Gasteiger partial charge in [-0.3, -0.25) is 4.79 Å². The van der Waals surface area contributed by atoms with Crippen molar-refractivity contribution in [3.63, 3.8) is 0 Å². The van der Waals surface area contributed by atoms with E-state index >= 15 is 0 Å². The average molecular weight is 252 g/mol. The number of primary amides is 1. The van der Waals surface area contributed by atoms with Crippen molar-refractivity contribution in [3.8, 4) is 0 Å². The van der Waals surface area contributed by atoms with Crippen LogP contribution in [0.25, 0.3) is 0 Å². The van der Waals surface area contributed by atoms with Gasteiger partial charge in [-0.25, -0.2) is 9.18 Å². The standard InChI is InChI=1S/C12H13FN2O3/c13-8-6-7(11(14)16)3-4-9(8)15-5-1-2-10(15)12(17)18/h3-4,6,10H,1-2,5H2,(H2,14,16)(H,17,18). The summed E-state index contributed by atoms with van der Waals surface area (Å²) in [4.78, 5) is 23.4. The third-order valence-corrected chi connectivity index (χ3v) is 3.08. The molecular formula is C12H13FN2O3. The van der Waals surface area contributed by atoms with Crippen LogP contribution in [0.5, 0.6) is 0 Å². The fourth-order valence-corrected chi connectivity index (χ4v) is 2.20. The van der Waals surface area contributed by atoms with E-state index in [0.29, 0.717) is 19.4 Å². The minimum absolute atomic E-state index is 0.0716. The molecule has 0 bridgehead atoms. The summed E-state index contributed by atoms with van der Waals surface area (Å²) in [5.74, 6) is -2.30. The maximum absolute atomic E-state index is 13.9. The number of carboxylic acids is 1. The predicted octanol–water partition coefficient (Wildman–Crippen LogP) is 0.978. The Morgan fingerprint density at radius 1 is 1.44 bits per heavy atom. The molecule has 18 heavy (non-hydrogen) atoms. The van der Waals surface area contributed by atoms with E-state index in [0.717, 1.165) is 6.07 Å². The molecule has 1 aliphatic rings. The van der Waals surface area contributed by atoms with Gasteiger partial charge in [0.25, 0.3) is 0 Å². The van der Waals surface area contributed by atoms with E-state index in [-0.39, 0.29) is 11.3 Å². The summed E-state index contributed by atoms with van der Waals surface area (Å²) in [5, 5.41) is 9.04. The maximum atomic E-state index is 13.9. The van der Waals surface area contributed by atoms with Crippen molar-refractivity contribution in [2.45, 2.75) is 18.9 Å². The van der Waals surface area contributed by atoms with Crippen LogP contribution in [0, 0.1) is 5.82 Å². The summed E-state index contributed by atoms with van der Waals surface area (Å²) in [6, 6.07) is 3.13. The number of carboxylic acid groups (broad SMARTS) is 1. The summed E-state index contributed by atoms with van der Waals surface area (Å²) < 4.78 is 13.9. The van der Waals surface area contributed by atoms with Crippen LogP contribution in [0.3, 0.4) is 0 Å². The molecule has 0 saturated carbocycles. The third kappa shape index (κ3) is 2.13. The van der Waals surface area contributed by atoms with Crippen LogP contribution in [-0.4, -0.2) is 29.6 Å². The monoisotopic (exact) mass is 252 g/mol. The zero-order chi connectivity index (χ0) is 13.3. The van der Waals surface area contributed by atoms with Crippen LogP contribution < -0.4 is 10.6 Å². The van der Waals surface area contributed by atoms with Crippen LogP contribution in [-0.2, 0) is 4.79 Å². The van der Waals surface area contributed by atoms with E-state index in [1.807, 2.05) is 0 Å². The first-order chi connectivity index (χ1) is 8.50. The second-order valence-electron chi connectivity index (χ2n) is 4.22. The molecule has 5 nitrogen and oxygen atoms in total. The molecule has 2 rings (SSSR count). The van der Waals surface area contributed by atoms with E-state index in [2.05, 4.69) is 0 Å². The number of rotatable bonds is 3. The lowest BCUT2D eigenvalue weighted by Crippen LogP contribution is -2.36. The van der Waals surface area contributed by atoms with Gasteiger partial charge in [0.15, 0.2) is 0 Å². The quantitative estimate of drug-likeness (QED) is 0.839. The number of amides is 1. The number of nitrogens with two attached hydrogens (primary N) is 1. The molecule has 1 atom stereocenters. The molecule has 0 aliphatic carbocycles. The zero-order valence-electron chi connectivity index (χ0n) is 9.60. The minimum atomic E-state index is -0.967. The minimum Gasteiger partial charge on any atom is -0.480 e. The van der Waals surface area contributed by atoms with Crippen molar-refractivity contribution in [1.29, 1.82) is 0 Å². The van der Waals surface area contributed by atoms with Gasteiger partial charge in [0.05, 0.1) is 5.69 Å². The lowest BCUT2D eigenvalue weighted by molar-refractivity contribution is -0.138. The second kappa shape index (κ2) is 4.64. The molecule has 1 amide bonds. The van der Waals surface area contributed by atoms with Gasteiger partial charge in [-0.15, -0.1) is 0 Å². The van der Waals surface area contributed by atoms with Gasteiger partial charge in [-0.1, -0.05) is 0 Å². The van der Waals surface area contributed by atoms with Gasteiger partial charge in [-0.05, 0) is 31.0 Å². The molecule has 1 aromatic rings. The molecule has 0 spiro atoms. The first kappa shape index (κ1) is 12.3. The summed E-state index contributed by atoms with van der Waals surface area (Å²) >= 11 is 0. The molecule has 0 radical (unpaired) electrons. The molecule has 0 aromatic heterocycles. The van der Waals surface area contributed by atoms with E-state index in [4.69, 9.17) is 10.8 Å². The molecular weight excluding hydrogens is 239 g/mol. The average Bonchev–Trinajstić information content (AvgIpc) is 2.77. The molecule has 3 N–H and O–H groups in total. The molecule has 1 saturated heterocycles. The lowest BCUT2D eigenvalue weighted by atomic mass is 10.1. The summed E-state index contributed by atoms with van der Waals surface area (Å²) in [6.07, 6.45) is 1.19. The highest BCUT2D eigenvalue weighted by Gasteiger charge is 2.32. The largest absolute Gasteiger partial charge is 0.480 e. The van der Waals surface area contributed by atoms with Gasteiger partial charge in [-0.2, -0.15) is 0 Å². The number of hydrogen-bond donors (Lipinski definition) is 2. The molecule has 1 heterocycles. The van der Waals surface area contributed by atoms with Crippen LogP contribution in [0.15, 0.2) is 18.2 Å². The summed E-state index contributed by atoms with van der Waals surface area (Å²) in [6.45, 7) is 0.490. The number of aliphatic carboxylic acids is 1. The van der Waals surface area contributed by atoms with Crippen molar-refractivity contribution in [1.82, 2.24) is 0 Å². The van der Waals surface area contributed by atoms with Crippen LogP contribution in [0.2, 0.25) is 0 Å². The smallest absolute Gasteiger partial charge is 0.326 e. The first-order valence-corrected chi connectivity index (χ1v) is 5.59. The third-order valence-electron chi connectivity index (χ3n) is 3.08. The van der Waals surface area contributed by atoms with Crippen LogP contribution in [0.1, 0.15) is 23.2 Å². The second-order valence-corrected chi connectivity index (χ2v) is 4.22. The van der Waals surface area contributed by atoms with Gasteiger partial charge in [0.2, 0.25) is 5.91 Å². The number of carbonyl (C=O) groups is 2. The van der Waals surface area contributed by atoms with E-state index in [9.17, 15) is 14.0 Å². The van der Waals surface area contributed by atoms with Crippen molar-refractivity contribution in [2.75, 3.05) is 11.4 Å². The van der Waals surface area contributed by atoms with Crippen molar-refractivity contribution >= 4 is 17.6 Å². The molecule has 96 valence electrons. The topological polar surface area (TPSA) is 83.6 Å². The Morgan fingerprint density at radius 3 is 2.72 bits per heavy atom. The molecule has 6 heteroatoms. The zero-order valence-corrected chi connectivity index (χ0v) is 9.60. The maximum Gasteiger partial charge on any atom is 0.326 e. The summed E-state index contributed by atoms with van der Waals surface area (Å²) in [7, 11) is 0. The number of anilines is 1. The Labute approximate surface area is 103 Å². The number of halogens is 1. The van der Waals surface area contributed by atoms with Crippen molar-refractivity contribution in [3.05, 3.63) is 29.6 Å². The number of benzene rings is 1.